The van der Waals surface area contributed by atoms with E-state index in [9.17, 15) is 9.59 Å². The number of anilines is 1. The van der Waals surface area contributed by atoms with Crippen LogP contribution in [-0.2, 0) is 11.2 Å². The van der Waals surface area contributed by atoms with Gasteiger partial charge in [-0.3, -0.25) is 9.59 Å². The molecule has 0 bridgehead atoms. The quantitative estimate of drug-likeness (QED) is 0.563. The molecule has 1 heterocycles. The van der Waals surface area contributed by atoms with Crippen LogP contribution in [0.1, 0.15) is 54.4 Å². The van der Waals surface area contributed by atoms with Crippen molar-refractivity contribution < 1.29 is 19.1 Å². The number of halogens is 1. The molecule has 1 amide bonds. The van der Waals surface area contributed by atoms with Gasteiger partial charge in [0.25, 0.3) is 0 Å². The monoisotopic (exact) mass is 483 g/mol. The highest BCUT2D eigenvalue weighted by Crippen LogP contribution is 2.40. The normalized spacial score (nSPS) is 24.9. The lowest BCUT2D eigenvalue weighted by Crippen LogP contribution is -2.32. The van der Waals surface area contributed by atoms with Gasteiger partial charge >= 0.3 is 0 Å². The molecule has 1 saturated carbocycles. The molecule has 1 fully saturated rings. The van der Waals surface area contributed by atoms with Crippen molar-refractivity contribution in [3.63, 3.8) is 0 Å². The van der Waals surface area contributed by atoms with Crippen molar-refractivity contribution >= 4 is 33.3 Å². The van der Waals surface area contributed by atoms with Gasteiger partial charge in [-0.25, -0.2) is 0 Å². The summed E-state index contributed by atoms with van der Waals surface area (Å²) in [4.78, 5) is 26.1. The smallest absolute Gasteiger partial charge is 0.231 e. The van der Waals surface area contributed by atoms with Crippen molar-refractivity contribution in [1.29, 1.82) is 0 Å². The number of hydrogen-bond donors (Lipinski definition) is 1. The van der Waals surface area contributed by atoms with E-state index in [1.807, 2.05) is 36.4 Å². The first-order chi connectivity index (χ1) is 15.1. The first-order valence-corrected chi connectivity index (χ1v) is 11.9. The fraction of sp³-hybridized carbons (Fsp3) is 0.440. The average Bonchev–Trinajstić information content (AvgIpc) is 3.18. The molecule has 1 aliphatic heterocycles. The number of hydrogen-bond acceptors (Lipinski definition) is 4. The largest absolute Gasteiger partial charge is 0.454 e. The van der Waals surface area contributed by atoms with Crippen LogP contribution in [0.3, 0.4) is 0 Å². The zero-order valence-electron chi connectivity index (χ0n) is 17.4. The summed E-state index contributed by atoms with van der Waals surface area (Å²) < 4.78 is 11.8. The number of carbonyl (C=O) groups excluding carboxylic acids is 2. The van der Waals surface area contributed by atoms with E-state index in [0.717, 1.165) is 66.2 Å². The topological polar surface area (TPSA) is 64.6 Å². The zero-order chi connectivity index (χ0) is 21.4. The Morgan fingerprint density at radius 3 is 2.65 bits per heavy atom. The van der Waals surface area contributed by atoms with Gasteiger partial charge in [0.05, 0.1) is 0 Å². The second-order valence-electron chi connectivity index (χ2n) is 8.80. The molecule has 1 atom stereocenters. The Morgan fingerprint density at radius 2 is 1.81 bits per heavy atom. The lowest BCUT2D eigenvalue weighted by atomic mass is 9.72. The van der Waals surface area contributed by atoms with Gasteiger partial charge in [0, 0.05) is 33.6 Å². The molecule has 1 unspecified atom stereocenters. The highest BCUT2D eigenvalue weighted by Gasteiger charge is 2.36. The Bertz CT molecular complexity index is 1010. The van der Waals surface area contributed by atoms with Crippen molar-refractivity contribution in [3.05, 3.63) is 52.0 Å². The first-order valence-electron chi connectivity index (χ1n) is 11.1. The zero-order valence-corrected chi connectivity index (χ0v) is 18.9. The number of amides is 1. The van der Waals surface area contributed by atoms with Crippen molar-refractivity contribution in [2.75, 3.05) is 12.1 Å². The predicted molar refractivity (Wildman–Crippen MR) is 122 cm³/mol. The van der Waals surface area contributed by atoms with E-state index in [2.05, 4.69) is 21.2 Å². The molecule has 2 aromatic rings. The van der Waals surface area contributed by atoms with Gasteiger partial charge in [-0.2, -0.15) is 0 Å². The lowest BCUT2D eigenvalue weighted by Gasteiger charge is -2.32. The molecule has 3 aliphatic rings. The Labute approximate surface area is 190 Å². The van der Waals surface area contributed by atoms with Crippen LogP contribution in [0.4, 0.5) is 5.69 Å². The van der Waals surface area contributed by atoms with E-state index in [1.165, 1.54) is 0 Å². The molecule has 0 aromatic heterocycles. The van der Waals surface area contributed by atoms with Crippen molar-refractivity contribution in [3.8, 4) is 11.5 Å². The van der Waals surface area contributed by atoms with Gasteiger partial charge < -0.3 is 14.8 Å². The first kappa shape index (κ1) is 20.6. The third-order valence-electron chi connectivity index (χ3n) is 7.01. The number of Topliss-reactive ketones (excluding diaryl/α,β-unsaturated/α-hetero) is 1. The summed E-state index contributed by atoms with van der Waals surface area (Å²) in [6.07, 6.45) is 6.45. The molecular formula is C25H26BrNO4. The molecule has 2 aliphatic carbocycles. The predicted octanol–water partition coefficient (Wildman–Crippen LogP) is 5.76. The van der Waals surface area contributed by atoms with E-state index in [-0.39, 0.29) is 24.5 Å². The fourth-order valence-electron chi connectivity index (χ4n) is 5.33. The highest BCUT2D eigenvalue weighted by molar-refractivity contribution is 9.10. The molecule has 1 N–H and O–H groups in total. The number of benzene rings is 2. The highest BCUT2D eigenvalue weighted by atomic mass is 79.9. The molecule has 5 rings (SSSR count). The van der Waals surface area contributed by atoms with Gasteiger partial charge in [-0.15, -0.1) is 0 Å². The van der Waals surface area contributed by atoms with Crippen LogP contribution < -0.4 is 14.8 Å². The Hall–Kier alpha value is -2.34. The SMILES string of the molecule is O=C(Nc1ccc2c(c1)OCO2)C1CCC(C2CCCc3c(Br)cccc3C2=O)CC1. The number of nitrogens with one attached hydrogen (secondary N) is 1. The molecule has 0 spiro atoms. The van der Waals surface area contributed by atoms with E-state index in [1.54, 1.807) is 0 Å². The summed E-state index contributed by atoms with van der Waals surface area (Å²) in [6, 6.07) is 11.4. The van der Waals surface area contributed by atoms with E-state index in [4.69, 9.17) is 9.47 Å². The summed E-state index contributed by atoms with van der Waals surface area (Å²) >= 11 is 3.62. The minimum Gasteiger partial charge on any atom is -0.454 e. The maximum atomic E-state index is 13.3. The van der Waals surface area contributed by atoms with Gasteiger partial charge in [-0.05, 0) is 74.6 Å². The minimum absolute atomic E-state index is 0.0102. The van der Waals surface area contributed by atoms with E-state index in [0.29, 0.717) is 23.2 Å². The second kappa shape index (κ2) is 8.65. The number of ketones is 1. The molecule has 31 heavy (non-hydrogen) atoms. The third kappa shape index (κ3) is 4.10. The van der Waals surface area contributed by atoms with E-state index >= 15 is 0 Å². The third-order valence-corrected chi connectivity index (χ3v) is 7.76. The molecule has 5 nitrogen and oxygen atoms in total. The van der Waals surface area contributed by atoms with Gasteiger partial charge in [0.2, 0.25) is 12.7 Å². The molecule has 0 radical (unpaired) electrons. The molecule has 2 aromatic carbocycles. The van der Waals surface area contributed by atoms with Gasteiger partial charge in [0.15, 0.2) is 17.3 Å². The fourth-order valence-corrected chi connectivity index (χ4v) is 5.89. The molecule has 6 heteroatoms. The van der Waals surface area contributed by atoms with Crippen LogP contribution in [0.25, 0.3) is 0 Å². The summed E-state index contributed by atoms with van der Waals surface area (Å²) in [5.41, 5.74) is 2.78. The standard InChI is InChI=1S/C25H26BrNO4/c26-21-6-2-5-20-19(21)4-1-3-18(24(20)28)15-7-9-16(10-8-15)25(29)27-17-11-12-22-23(13-17)31-14-30-22/h2,5-6,11-13,15-16,18H,1,3-4,7-10,14H2,(H,27,29). The number of carbonyl (C=O) groups is 2. The molecule has 162 valence electrons. The summed E-state index contributed by atoms with van der Waals surface area (Å²) in [6.45, 7) is 0.220. The van der Waals surface area contributed by atoms with Crippen LogP contribution in [0.15, 0.2) is 40.9 Å². The van der Waals surface area contributed by atoms with E-state index < -0.39 is 0 Å². The van der Waals surface area contributed by atoms with Crippen LogP contribution in [0, 0.1) is 17.8 Å². The Morgan fingerprint density at radius 1 is 1.00 bits per heavy atom. The summed E-state index contributed by atoms with van der Waals surface area (Å²) in [7, 11) is 0. The van der Waals surface area contributed by atoms with Gasteiger partial charge in [0.1, 0.15) is 0 Å². The average molecular weight is 484 g/mol. The lowest BCUT2D eigenvalue weighted by molar-refractivity contribution is -0.121. The van der Waals surface area contributed by atoms with Crippen molar-refractivity contribution in [2.45, 2.75) is 44.9 Å². The maximum absolute atomic E-state index is 13.3. The maximum Gasteiger partial charge on any atom is 0.231 e. The van der Waals surface area contributed by atoms with Crippen LogP contribution in [-0.4, -0.2) is 18.5 Å². The molecule has 0 saturated heterocycles. The van der Waals surface area contributed by atoms with Crippen LogP contribution >= 0.6 is 15.9 Å². The van der Waals surface area contributed by atoms with Crippen molar-refractivity contribution in [2.24, 2.45) is 17.8 Å². The van der Waals surface area contributed by atoms with Gasteiger partial charge in [-0.1, -0.05) is 28.1 Å². The van der Waals surface area contributed by atoms with Crippen molar-refractivity contribution in [1.82, 2.24) is 0 Å². The molecular weight excluding hydrogens is 458 g/mol. The van der Waals surface area contributed by atoms with Crippen LogP contribution in [0.5, 0.6) is 11.5 Å². The number of fused-ring (bicyclic) bond motifs is 2. The number of ether oxygens (including phenoxy) is 2. The van der Waals surface area contributed by atoms with Crippen LogP contribution in [0.2, 0.25) is 0 Å². The summed E-state index contributed by atoms with van der Waals surface area (Å²) in [5.74, 6) is 2.16. The Kier molecular flexibility index (Phi) is 5.74. The minimum atomic E-state index is -0.0102. The number of rotatable bonds is 3. The Balaban J connectivity index is 1.21. The summed E-state index contributed by atoms with van der Waals surface area (Å²) in [5, 5.41) is 3.03. The second-order valence-corrected chi connectivity index (χ2v) is 9.65.